The highest BCUT2D eigenvalue weighted by molar-refractivity contribution is 7.80. The summed E-state index contributed by atoms with van der Waals surface area (Å²) in [6, 6.07) is 15.1. The maximum Gasteiger partial charge on any atom is 0.276 e. The summed E-state index contributed by atoms with van der Waals surface area (Å²) in [4.78, 5) is 13.7. The van der Waals surface area contributed by atoms with Crippen molar-refractivity contribution >= 4 is 40.9 Å². The summed E-state index contributed by atoms with van der Waals surface area (Å²) < 4.78 is 5.75. The Morgan fingerprint density at radius 2 is 1.84 bits per heavy atom. The molecule has 1 fully saturated rings. The molecule has 0 radical (unpaired) electrons. The van der Waals surface area contributed by atoms with Gasteiger partial charge in [-0.05, 0) is 60.6 Å². The summed E-state index contributed by atoms with van der Waals surface area (Å²) >= 11 is 11.0. The third-order valence-corrected chi connectivity index (χ3v) is 4.36. The van der Waals surface area contributed by atoms with Crippen molar-refractivity contribution in [2.75, 3.05) is 6.54 Å². The van der Waals surface area contributed by atoms with Gasteiger partial charge in [0.15, 0.2) is 5.11 Å². The molecule has 2 aromatic rings. The van der Waals surface area contributed by atoms with Gasteiger partial charge in [-0.1, -0.05) is 35.9 Å². The molecule has 1 heterocycles. The molecule has 0 saturated carbocycles. The van der Waals surface area contributed by atoms with Gasteiger partial charge in [0.05, 0.1) is 0 Å². The van der Waals surface area contributed by atoms with Gasteiger partial charge in [0.2, 0.25) is 0 Å². The summed E-state index contributed by atoms with van der Waals surface area (Å²) in [6.45, 7) is 2.92. The lowest BCUT2D eigenvalue weighted by atomic mass is 10.2. The smallest absolute Gasteiger partial charge is 0.276 e. The Bertz CT molecular complexity index is 816. The van der Waals surface area contributed by atoms with Gasteiger partial charge in [0, 0.05) is 11.6 Å². The van der Waals surface area contributed by atoms with Crippen LogP contribution < -0.4 is 10.1 Å². The molecule has 6 heteroatoms. The first kappa shape index (κ1) is 17.5. The van der Waals surface area contributed by atoms with E-state index in [0.717, 1.165) is 16.9 Å². The molecule has 128 valence electrons. The number of rotatable bonds is 5. The minimum Gasteiger partial charge on any atom is -0.489 e. The Morgan fingerprint density at radius 3 is 2.44 bits per heavy atom. The lowest BCUT2D eigenvalue weighted by molar-refractivity contribution is -0.122. The Kier molecular flexibility index (Phi) is 5.36. The zero-order valence-electron chi connectivity index (χ0n) is 13.7. The van der Waals surface area contributed by atoms with Crippen LogP contribution in [0.2, 0.25) is 5.02 Å². The zero-order valence-corrected chi connectivity index (χ0v) is 15.2. The second kappa shape index (κ2) is 7.68. The molecule has 1 saturated heterocycles. The highest BCUT2D eigenvalue weighted by Crippen LogP contribution is 2.18. The molecule has 0 aliphatic carbocycles. The summed E-state index contributed by atoms with van der Waals surface area (Å²) in [5.41, 5.74) is 2.43. The number of benzene rings is 2. The molecule has 0 atom stereocenters. The number of ether oxygens (including phenoxy) is 1. The number of carbonyl (C=O) groups is 1. The highest BCUT2D eigenvalue weighted by Gasteiger charge is 2.28. The van der Waals surface area contributed by atoms with E-state index in [9.17, 15) is 4.79 Å². The minimum atomic E-state index is -0.101. The molecule has 0 aromatic heterocycles. The molecule has 1 aliphatic heterocycles. The molecule has 2 aromatic carbocycles. The number of carbonyl (C=O) groups excluding carboxylic acids is 1. The van der Waals surface area contributed by atoms with Crippen LogP contribution in [0.1, 0.15) is 18.1 Å². The van der Waals surface area contributed by atoms with Crippen LogP contribution in [-0.4, -0.2) is 22.5 Å². The second-order valence-electron chi connectivity index (χ2n) is 5.52. The fourth-order valence-electron chi connectivity index (χ4n) is 2.43. The molecule has 1 N–H and O–H groups in total. The van der Waals surface area contributed by atoms with E-state index < -0.39 is 0 Å². The van der Waals surface area contributed by atoms with Crippen LogP contribution in [-0.2, 0) is 11.4 Å². The Hall–Kier alpha value is -2.37. The summed E-state index contributed by atoms with van der Waals surface area (Å²) in [6.07, 6.45) is 1.78. The highest BCUT2D eigenvalue weighted by atomic mass is 35.5. The third kappa shape index (κ3) is 4.18. The zero-order chi connectivity index (χ0) is 17.8. The normalized spacial score (nSPS) is 15.6. The number of hydrogen-bond donors (Lipinski definition) is 1. The number of likely N-dealkylation sites (N-methyl/N-ethyl adjacent to an activating group) is 1. The molecule has 1 aliphatic rings. The largest absolute Gasteiger partial charge is 0.489 e. The lowest BCUT2D eigenvalue weighted by Crippen LogP contribution is -2.30. The van der Waals surface area contributed by atoms with Gasteiger partial charge in [-0.2, -0.15) is 0 Å². The van der Waals surface area contributed by atoms with Crippen LogP contribution in [0.25, 0.3) is 6.08 Å². The maximum absolute atomic E-state index is 12.2. The van der Waals surface area contributed by atoms with Crippen LogP contribution in [0, 0.1) is 0 Å². The van der Waals surface area contributed by atoms with Crippen LogP contribution in [0.3, 0.4) is 0 Å². The average Bonchev–Trinajstić information content (AvgIpc) is 2.88. The number of hydrogen-bond acceptors (Lipinski definition) is 3. The third-order valence-electron chi connectivity index (χ3n) is 3.79. The topological polar surface area (TPSA) is 41.6 Å². The van der Waals surface area contributed by atoms with Crippen molar-refractivity contribution in [1.29, 1.82) is 0 Å². The van der Waals surface area contributed by atoms with Crippen LogP contribution in [0.4, 0.5) is 0 Å². The van der Waals surface area contributed by atoms with Crippen molar-refractivity contribution in [3.05, 3.63) is 70.4 Å². The van der Waals surface area contributed by atoms with E-state index in [1.807, 2.05) is 55.5 Å². The van der Waals surface area contributed by atoms with Crippen LogP contribution >= 0.6 is 23.8 Å². The Labute approximate surface area is 157 Å². The fraction of sp³-hybridized carbons (Fsp3) is 0.158. The standard InChI is InChI=1S/C19H17ClN2O2S/c1-2-22-18(23)17(21-19(22)25)11-13-5-9-16(10-6-13)24-12-14-3-7-15(20)8-4-14/h3-11H,2,12H2,1H3,(H,21,25)/b17-11-. The van der Waals surface area contributed by atoms with E-state index in [1.165, 1.54) is 4.90 Å². The number of halogens is 1. The Morgan fingerprint density at radius 1 is 1.16 bits per heavy atom. The van der Waals surface area contributed by atoms with Crippen molar-refractivity contribution in [3.63, 3.8) is 0 Å². The number of nitrogens with one attached hydrogen (secondary N) is 1. The van der Waals surface area contributed by atoms with E-state index >= 15 is 0 Å². The molecule has 0 spiro atoms. The summed E-state index contributed by atoms with van der Waals surface area (Å²) in [5.74, 6) is 0.657. The number of thiocarbonyl (C=S) groups is 1. The Balaban J connectivity index is 1.64. The molecule has 25 heavy (non-hydrogen) atoms. The first-order chi connectivity index (χ1) is 12.1. The van der Waals surface area contributed by atoms with E-state index in [-0.39, 0.29) is 5.91 Å². The van der Waals surface area contributed by atoms with Gasteiger partial charge < -0.3 is 10.1 Å². The van der Waals surface area contributed by atoms with Gasteiger partial charge in [-0.15, -0.1) is 0 Å². The minimum absolute atomic E-state index is 0.101. The van der Waals surface area contributed by atoms with Crippen LogP contribution in [0.15, 0.2) is 54.2 Å². The van der Waals surface area contributed by atoms with E-state index in [0.29, 0.717) is 29.0 Å². The van der Waals surface area contributed by atoms with Crippen molar-refractivity contribution in [1.82, 2.24) is 10.2 Å². The molecule has 0 bridgehead atoms. The summed E-state index contributed by atoms with van der Waals surface area (Å²) in [5, 5.41) is 4.10. The maximum atomic E-state index is 12.2. The molecule has 0 unspecified atom stereocenters. The van der Waals surface area contributed by atoms with Gasteiger partial charge in [0.1, 0.15) is 18.1 Å². The van der Waals surface area contributed by atoms with Gasteiger partial charge in [-0.3, -0.25) is 9.69 Å². The fourth-order valence-corrected chi connectivity index (χ4v) is 2.88. The predicted molar refractivity (Wildman–Crippen MR) is 103 cm³/mol. The monoisotopic (exact) mass is 372 g/mol. The van der Waals surface area contributed by atoms with Gasteiger partial charge in [0.25, 0.3) is 5.91 Å². The average molecular weight is 373 g/mol. The van der Waals surface area contributed by atoms with E-state index in [1.54, 1.807) is 6.08 Å². The molecule has 1 amide bonds. The first-order valence-electron chi connectivity index (χ1n) is 7.88. The molecule has 4 nitrogen and oxygen atoms in total. The summed E-state index contributed by atoms with van der Waals surface area (Å²) in [7, 11) is 0. The second-order valence-corrected chi connectivity index (χ2v) is 6.34. The first-order valence-corrected chi connectivity index (χ1v) is 8.67. The van der Waals surface area contributed by atoms with Gasteiger partial charge in [-0.25, -0.2) is 0 Å². The number of nitrogens with zero attached hydrogens (tertiary/aromatic N) is 1. The molecular formula is C19H17ClN2O2S. The molecule has 3 rings (SSSR count). The molecular weight excluding hydrogens is 356 g/mol. The van der Waals surface area contributed by atoms with Crippen molar-refractivity contribution in [2.24, 2.45) is 0 Å². The quantitative estimate of drug-likeness (QED) is 0.636. The van der Waals surface area contributed by atoms with Crippen molar-refractivity contribution < 1.29 is 9.53 Å². The predicted octanol–water partition coefficient (Wildman–Crippen LogP) is 4.00. The number of amides is 1. The van der Waals surface area contributed by atoms with E-state index in [4.69, 9.17) is 28.6 Å². The van der Waals surface area contributed by atoms with Crippen molar-refractivity contribution in [2.45, 2.75) is 13.5 Å². The lowest BCUT2D eigenvalue weighted by Gasteiger charge is -2.09. The van der Waals surface area contributed by atoms with Gasteiger partial charge >= 0.3 is 0 Å². The van der Waals surface area contributed by atoms with Crippen LogP contribution in [0.5, 0.6) is 5.75 Å². The SMILES string of the molecule is CCN1C(=O)/C(=C/c2ccc(OCc3ccc(Cl)cc3)cc2)NC1=S. The van der Waals surface area contributed by atoms with E-state index in [2.05, 4.69) is 5.32 Å². The van der Waals surface area contributed by atoms with Crippen molar-refractivity contribution in [3.8, 4) is 5.75 Å².